The van der Waals surface area contributed by atoms with Crippen molar-refractivity contribution in [3.63, 3.8) is 0 Å². The molecule has 0 spiro atoms. The van der Waals surface area contributed by atoms with Crippen LogP contribution >= 0.6 is 12.4 Å². The molecule has 0 aromatic heterocycles. The number of benzene rings is 1. The Labute approximate surface area is 143 Å². The summed E-state index contributed by atoms with van der Waals surface area (Å²) in [4.78, 5) is 12.1. The van der Waals surface area contributed by atoms with Crippen molar-refractivity contribution in [3.8, 4) is 0 Å². The van der Waals surface area contributed by atoms with Crippen molar-refractivity contribution in [2.24, 2.45) is 11.7 Å². The average Bonchev–Trinajstić information content (AvgIpc) is 2.98. The molecule has 1 fully saturated rings. The molecular formula is C15H24ClN3O3S. The van der Waals surface area contributed by atoms with Crippen molar-refractivity contribution in [1.29, 1.82) is 0 Å². The highest BCUT2D eigenvalue weighted by Crippen LogP contribution is 2.27. The van der Waals surface area contributed by atoms with E-state index >= 15 is 0 Å². The Morgan fingerprint density at radius 2 is 1.96 bits per heavy atom. The molecule has 0 bridgehead atoms. The molecule has 8 heteroatoms. The van der Waals surface area contributed by atoms with Crippen molar-refractivity contribution < 1.29 is 13.2 Å². The molecule has 0 radical (unpaired) electrons. The number of rotatable bonds is 7. The van der Waals surface area contributed by atoms with Crippen LogP contribution in [0.3, 0.4) is 0 Å². The van der Waals surface area contributed by atoms with Crippen LogP contribution in [0.4, 0.5) is 5.69 Å². The number of anilines is 1. The first kappa shape index (κ1) is 19.9. The van der Waals surface area contributed by atoms with Gasteiger partial charge in [-0.05, 0) is 37.0 Å². The van der Waals surface area contributed by atoms with Crippen LogP contribution in [0.5, 0.6) is 0 Å². The van der Waals surface area contributed by atoms with E-state index in [-0.39, 0.29) is 36.3 Å². The molecule has 1 saturated carbocycles. The first-order chi connectivity index (χ1) is 10.5. The zero-order chi connectivity index (χ0) is 16.0. The van der Waals surface area contributed by atoms with Gasteiger partial charge in [0.2, 0.25) is 15.9 Å². The largest absolute Gasteiger partial charge is 0.329 e. The van der Waals surface area contributed by atoms with Crippen LogP contribution in [-0.4, -0.2) is 27.4 Å². The van der Waals surface area contributed by atoms with E-state index in [2.05, 4.69) is 10.0 Å². The minimum atomic E-state index is -3.58. The highest BCUT2D eigenvalue weighted by molar-refractivity contribution is 7.89. The number of hydrogen-bond acceptors (Lipinski definition) is 4. The molecule has 0 heterocycles. The van der Waals surface area contributed by atoms with Crippen LogP contribution in [0.2, 0.25) is 0 Å². The number of halogens is 1. The van der Waals surface area contributed by atoms with Crippen LogP contribution in [0.15, 0.2) is 29.2 Å². The van der Waals surface area contributed by atoms with E-state index in [9.17, 15) is 13.2 Å². The summed E-state index contributed by atoms with van der Waals surface area (Å²) in [6.07, 6.45) is 5.09. The van der Waals surface area contributed by atoms with Gasteiger partial charge in [0.15, 0.2) is 0 Å². The topological polar surface area (TPSA) is 101 Å². The van der Waals surface area contributed by atoms with Crippen LogP contribution in [0.1, 0.15) is 32.1 Å². The summed E-state index contributed by atoms with van der Waals surface area (Å²) in [5, 5.41) is 2.78. The van der Waals surface area contributed by atoms with Gasteiger partial charge in [-0.3, -0.25) is 4.79 Å². The SMILES string of the molecule is Cl.NCCNS(=O)(=O)c1cccc(NC(=O)CC2CCCC2)c1. The predicted molar refractivity (Wildman–Crippen MR) is 93.1 cm³/mol. The lowest BCUT2D eigenvalue weighted by atomic mass is 10.0. The van der Waals surface area contributed by atoms with E-state index in [0.29, 0.717) is 18.0 Å². The molecule has 1 aliphatic carbocycles. The minimum absolute atomic E-state index is 0. The van der Waals surface area contributed by atoms with E-state index in [4.69, 9.17) is 5.73 Å². The number of amides is 1. The van der Waals surface area contributed by atoms with E-state index in [1.54, 1.807) is 12.1 Å². The van der Waals surface area contributed by atoms with E-state index in [1.807, 2.05) is 0 Å². The Bertz CT molecular complexity index is 616. The van der Waals surface area contributed by atoms with Gasteiger partial charge in [0, 0.05) is 25.2 Å². The Kier molecular flexibility index (Phi) is 7.98. The second-order valence-corrected chi connectivity index (χ2v) is 7.38. The van der Waals surface area contributed by atoms with E-state index in [1.165, 1.54) is 25.0 Å². The number of carbonyl (C=O) groups excluding carboxylic acids is 1. The zero-order valence-electron chi connectivity index (χ0n) is 13.0. The second-order valence-electron chi connectivity index (χ2n) is 5.62. The van der Waals surface area contributed by atoms with Crippen molar-refractivity contribution in [2.45, 2.75) is 37.0 Å². The maximum Gasteiger partial charge on any atom is 0.240 e. The lowest BCUT2D eigenvalue weighted by Gasteiger charge is -2.11. The first-order valence-electron chi connectivity index (χ1n) is 7.61. The number of nitrogens with two attached hydrogens (primary N) is 1. The van der Waals surface area contributed by atoms with Gasteiger partial charge in [-0.15, -0.1) is 12.4 Å². The van der Waals surface area contributed by atoms with Gasteiger partial charge in [0.05, 0.1) is 4.90 Å². The van der Waals surface area contributed by atoms with Gasteiger partial charge in [-0.2, -0.15) is 0 Å². The van der Waals surface area contributed by atoms with Gasteiger partial charge >= 0.3 is 0 Å². The molecule has 0 aliphatic heterocycles. The lowest BCUT2D eigenvalue weighted by Crippen LogP contribution is -2.29. The molecule has 0 saturated heterocycles. The molecule has 1 aliphatic rings. The van der Waals surface area contributed by atoms with Crippen molar-refractivity contribution in [2.75, 3.05) is 18.4 Å². The Morgan fingerprint density at radius 1 is 1.26 bits per heavy atom. The molecule has 0 unspecified atom stereocenters. The van der Waals surface area contributed by atoms with Crippen molar-refractivity contribution in [1.82, 2.24) is 4.72 Å². The summed E-state index contributed by atoms with van der Waals surface area (Å²) in [7, 11) is -3.58. The molecule has 130 valence electrons. The summed E-state index contributed by atoms with van der Waals surface area (Å²) < 4.78 is 26.5. The molecule has 23 heavy (non-hydrogen) atoms. The number of nitrogens with one attached hydrogen (secondary N) is 2. The van der Waals surface area contributed by atoms with Gasteiger partial charge in [-0.1, -0.05) is 18.9 Å². The molecular weight excluding hydrogens is 338 g/mol. The fourth-order valence-electron chi connectivity index (χ4n) is 2.71. The molecule has 4 N–H and O–H groups in total. The molecule has 1 aromatic rings. The van der Waals surface area contributed by atoms with Crippen LogP contribution < -0.4 is 15.8 Å². The normalized spacial score (nSPS) is 15.2. The van der Waals surface area contributed by atoms with Crippen LogP contribution in [-0.2, 0) is 14.8 Å². The average molecular weight is 362 g/mol. The van der Waals surface area contributed by atoms with Crippen molar-refractivity contribution in [3.05, 3.63) is 24.3 Å². The summed E-state index contributed by atoms with van der Waals surface area (Å²) in [6, 6.07) is 6.26. The highest BCUT2D eigenvalue weighted by atomic mass is 35.5. The molecule has 6 nitrogen and oxygen atoms in total. The van der Waals surface area contributed by atoms with Gasteiger partial charge in [0.25, 0.3) is 0 Å². The third-order valence-electron chi connectivity index (χ3n) is 3.81. The summed E-state index contributed by atoms with van der Waals surface area (Å²) in [6.45, 7) is 0.414. The standard InChI is InChI=1S/C15H23N3O3S.ClH/c16-8-9-17-22(20,21)14-7-3-6-13(11-14)18-15(19)10-12-4-1-2-5-12;/h3,6-7,11-12,17H,1-2,4-5,8-10,16H2,(H,18,19);1H. The van der Waals surface area contributed by atoms with Crippen LogP contribution in [0.25, 0.3) is 0 Å². The maximum atomic E-state index is 12.0. The van der Waals surface area contributed by atoms with Gasteiger partial charge < -0.3 is 11.1 Å². The second kappa shape index (κ2) is 9.22. The van der Waals surface area contributed by atoms with Gasteiger partial charge in [0.1, 0.15) is 0 Å². The van der Waals surface area contributed by atoms with E-state index < -0.39 is 10.0 Å². The fourth-order valence-corrected chi connectivity index (χ4v) is 3.80. The monoisotopic (exact) mass is 361 g/mol. The third kappa shape index (κ3) is 6.10. The Morgan fingerprint density at radius 3 is 2.61 bits per heavy atom. The van der Waals surface area contributed by atoms with E-state index in [0.717, 1.165) is 12.8 Å². The molecule has 1 amide bonds. The number of sulfonamides is 1. The zero-order valence-corrected chi connectivity index (χ0v) is 14.6. The van der Waals surface area contributed by atoms with Gasteiger partial charge in [-0.25, -0.2) is 13.1 Å². The lowest BCUT2D eigenvalue weighted by molar-refractivity contribution is -0.117. The fraction of sp³-hybridized carbons (Fsp3) is 0.533. The van der Waals surface area contributed by atoms with Crippen molar-refractivity contribution >= 4 is 34.0 Å². The number of carbonyl (C=O) groups is 1. The smallest absolute Gasteiger partial charge is 0.240 e. The number of hydrogen-bond donors (Lipinski definition) is 3. The van der Waals surface area contributed by atoms with Crippen LogP contribution in [0, 0.1) is 5.92 Å². The molecule has 1 aromatic carbocycles. The third-order valence-corrected chi connectivity index (χ3v) is 5.27. The summed E-state index contributed by atoms with van der Waals surface area (Å²) in [5.41, 5.74) is 5.80. The maximum absolute atomic E-state index is 12.0. The predicted octanol–water partition coefficient (Wildman–Crippen LogP) is 1.86. The quantitative estimate of drug-likeness (QED) is 0.689. The summed E-state index contributed by atoms with van der Waals surface area (Å²) >= 11 is 0. The first-order valence-corrected chi connectivity index (χ1v) is 9.09. The summed E-state index contributed by atoms with van der Waals surface area (Å²) in [5.74, 6) is 0.398. The minimum Gasteiger partial charge on any atom is -0.329 e. The highest BCUT2D eigenvalue weighted by Gasteiger charge is 2.19. The molecule has 0 atom stereocenters. The Balaban J connectivity index is 0.00000264. The Hall–Kier alpha value is -1.15. The molecule has 2 rings (SSSR count).